The van der Waals surface area contributed by atoms with Gasteiger partial charge < -0.3 is 4.84 Å². The van der Waals surface area contributed by atoms with Gasteiger partial charge in [-0.2, -0.15) is 5.06 Å². The van der Waals surface area contributed by atoms with Crippen molar-refractivity contribution in [3.05, 3.63) is 35.4 Å². The van der Waals surface area contributed by atoms with Gasteiger partial charge in [-0.1, -0.05) is 36.8 Å². The maximum absolute atomic E-state index is 5.13. The van der Waals surface area contributed by atoms with E-state index >= 15 is 0 Å². The molecule has 0 amide bonds. The van der Waals surface area contributed by atoms with E-state index in [0.717, 1.165) is 13.0 Å². The second-order valence-electron chi connectivity index (χ2n) is 4.34. The lowest BCUT2D eigenvalue weighted by molar-refractivity contribution is -0.110. The summed E-state index contributed by atoms with van der Waals surface area (Å²) in [5.74, 6) is 0.637. The Morgan fingerprint density at radius 1 is 1.25 bits per heavy atom. The van der Waals surface area contributed by atoms with Crippen LogP contribution in [0.1, 0.15) is 36.8 Å². The van der Waals surface area contributed by atoms with Crippen LogP contribution in [0.3, 0.4) is 0 Å². The molecule has 0 aliphatic heterocycles. The summed E-state index contributed by atoms with van der Waals surface area (Å²) in [6.45, 7) is 5.35. The number of hydrogen-bond acceptors (Lipinski definition) is 2. The summed E-state index contributed by atoms with van der Waals surface area (Å²) in [7, 11) is 3.69. The van der Waals surface area contributed by atoms with Gasteiger partial charge in [-0.15, -0.1) is 0 Å². The van der Waals surface area contributed by atoms with Crippen molar-refractivity contribution in [2.45, 2.75) is 32.6 Å². The molecule has 0 aliphatic rings. The lowest BCUT2D eigenvalue weighted by Crippen LogP contribution is -2.19. The van der Waals surface area contributed by atoms with Crippen LogP contribution in [0.4, 0.5) is 0 Å². The zero-order valence-electron chi connectivity index (χ0n) is 10.9. The molecule has 0 N–H and O–H groups in total. The highest BCUT2D eigenvalue weighted by Crippen LogP contribution is 2.23. The highest BCUT2D eigenvalue weighted by molar-refractivity contribution is 5.24. The average molecular weight is 221 g/mol. The highest BCUT2D eigenvalue weighted by Gasteiger charge is 2.10. The minimum Gasteiger partial charge on any atom is -0.303 e. The topological polar surface area (TPSA) is 12.5 Å². The van der Waals surface area contributed by atoms with E-state index in [1.807, 2.05) is 12.1 Å². The second kappa shape index (κ2) is 6.66. The van der Waals surface area contributed by atoms with Gasteiger partial charge in [-0.25, -0.2) is 0 Å². The Labute approximate surface area is 99.2 Å². The largest absolute Gasteiger partial charge is 0.303 e. The van der Waals surface area contributed by atoms with Crippen LogP contribution < -0.4 is 0 Å². The predicted octanol–water partition coefficient (Wildman–Crippen LogP) is 3.37. The van der Waals surface area contributed by atoms with Crippen molar-refractivity contribution >= 4 is 0 Å². The number of hydroxylamine groups is 2. The summed E-state index contributed by atoms with van der Waals surface area (Å²) in [5.41, 5.74) is 2.77. The minimum absolute atomic E-state index is 0.637. The molecular formula is C14H23NO. The Balaban J connectivity index is 2.57. The van der Waals surface area contributed by atoms with E-state index in [9.17, 15) is 0 Å². The molecule has 0 spiro atoms. The summed E-state index contributed by atoms with van der Waals surface area (Å²) in [4.78, 5) is 5.13. The fourth-order valence-electron chi connectivity index (χ4n) is 1.87. The van der Waals surface area contributed by atoms with Gasteiger partial charge in [0, 0.05) is 13.6 Å². The highest BCUT2D eigenvalue weighted by atomic mass is 16.7. The van der Waals surface area contributed by atoms with Crippen LogP contribution in [-0.4, -0.2) is 25.8 Å². The van der Waals surface area contributed by atoms with Gasteiger partial charge in [0.2, 0.25) is 0 Å². The Morgan fingerprint density at radius 2 is 1.88 bits per heavy atom. The molecule has 0 heterocycles. The smallest absolute Gasteiger partial charge is 0.0575 e. The number of rotatable bonds is 6. The summed E-state index contributed by atoms with van der Waals surface area (Å²) in [6.07, 6.45) is 2.32. The van der Waals surface area contributed by atoms with Crippen molar-refractivity contribution in [1.82, 2.24) is 5.06 Å². The van der Waals surface area contributed by atoms with Crippen LogP contribution in [-0.2, 0) is 4.84 Å². The van der Waals surface area contributed by atoms with Crippen molar-refractivity contribution < 1.29 is 4.84 Å². The Kier molecular flexibility index (Phi) is 5.50. The third kappa shape index (κ3) is 3.95. The molecule has 0 fully saturated rings. The van der Waals surface area contributed by atoms with E-state index < -0.39 is 0 Å². The third-order valence-corrected chi connectivity index (χ3v) is 3.15. The molecular weight excluding hydrogens is 198 g/mol. The SMILES string of the molecule is CCC(CCN(C)OC)c1ccc(C)cc1. The van der Waals surface area contributed by atoms with Gasteiger partial charge in [-0.3, -0.25) is 0 Å². The van der Waals surface area contributed by atoms with Crippen molar-refractivity contribution in [3.63, 3.8) is 0 Å². The zero-order chi connectivity index (χ0) is 12.0. The summed E-state index contributed by atoms with van der Waals surface area (Å²) in [6, 6.07) is 8.88. The van der Waals surface area contributed by atoms with Gasteiger partial charge in [0.25, 0.3) is 0 Å². The summed E-state index contributed by atoms with van der Waals surface area (Å²) in [5, 5.41) is 1.89. The Bertz CT molecular complexity index is 294. The van der Waals surface area contributed by atoms with Gasteiger partial charge in [0.05, 0.1) is 7.11 Å². The number of hydrogen-bond donors (Lipinski definition) is 0. The zero-order valence-corrected chi connectivity index (χ0v) is 10.9. The lowest BCUT2D eigenvalue weighted by atomic mass is 9.92. The van der Waals surface area contributed by atoms with Gasteiger partial charge in [0.15, 0.2) is 0 Å². The van der Waals surface area contributed by atoms with Gasteiger partial charge >= 0.3 is 0 Å². The predicted molar refractivity (Wildman–Crippen MR) is 68.5 cm³/mol. The van der Waals surface area contributed by atoms with E-state index in [1.165, 1.54) is 17.5 Å². The van der Waals surface area contributed by atoms with Crippen LogP contribution >= 0.6 is 0 Å². The average Bonchev–Trinajstić information content (AvgIpc) is 2.31. The maximum Gasteiger partial charge on any atom is 0.0575 e. The van der Waals surface area contributed by atoms with Gasteiger partial charge in [-0.05, 0) is 31.2 Å². The van der Waals surface area contributed by atoms with Crippen molar-refractivity contribution in [3.8, 4) is 0 Å². The lowest BCUT2D eigenvalue weighted by Gasteiger charge is -2.19. The molecule has 2 heteroatoms. The standard InChI is InChI=1S/C14H23NO/c1-5-13(10-11-15(3)16-4)14-8-6-12(2)7-9-14/h6-9,13H,5,10-11H2,1-4H3. The molecule has 1 atom stereocenters. The number of aryl methyl sites for hydroxylation is 1. The molecule has 90 valence electrons. The van der Waals surface area contributed by atoms with Crippen molar-refractivity contribution in [1.29, 1.82) is 0 Å². The first-order valence-corrected chi connectivity index (χ1v) is 5.99. The molecule has 1 aromatic rings. The molecule has 0 aliphatic carbocycles. The quantitative estimate of drug-likeness (QED) is 0.683. The first-order chi connectivity index (χ1) is 7.67. The first-order valence-electron chi connectivity index (χ1n) is 5.99. The minimum atomic E-state index is 0.637. The fourth-order valence-corrected chi connectivity index (χ4v) is 1.87. The van der Waals surface area contributed by atoms with Crippen LogP contribution in [0.15, 0.2) is 24.3 Å². The molecule has 0 radical (unpaired) electrons. The fraction of sp³-hybridized carbons (Fsp3) is 0.571. The van der Waals surface area contributed by atoms with E-state index in [4.69, 9.17) is 4.84 Å². The molecule has 16 heavy (non-hydrogen) atoms. The first kappa shape index (κ1) is 13.2. The Morgan fingerprint density at radius 3 is 2.38 bits per heavy atom. The molecule has 0 aromatic heterocycles. The summed E-state index contributed by atoms with van der Waals surface area (Å²) < 4.78 is 0. The normalized spacial score (nSPS) is 13.1. The van der Waals surface area contributed by atoms with Crippen molar-refractivity contribution in [2.24, 2.45) is 0 Å². The monoisotopic (exact) mass is 221 g/mol. The van der Waals surface area contributed by atoms with E-state index in [1.54, 1.807) is 7.11 Å². The third-order valence-electron chi connectivity index (χ3n) is 3.15. The molecule has 1 aromatic carbocycles. The number of nitrogens with zero attached hydrogens (tertiary/aromatic N) is 1. The van der Waals surface area contributed by atoms with E-state index in [0.29, 0.717) is 5.92 Å². The molecule has 2 nitrogen and oxygen atoms in total. The summed E-state index contributed by atoms with van der Waals surface area (Å²) >= 11 is 0. The Hall–Kier alpha value is -0.860. The van der Waals surface area contributed by atoms with Crippen LogP contribution in [0.25, 0.3) is 0 Å². The maximum atomic E-state index is 5.13. The molecule has 1 unspecified atom stereocenters. The number of benzene rings is 1. The van der Waals surface area contributed by atoms with Crippen LogP contribution in [0, 0.1) is 6.92 Å². The molecule has 0 bridgehead atoms. The molecule has 0 saturated carbocycles. The second-order valence-corrected chi connectivity index (χ2v) is 4.34. The molecule has 1 rings (SSSR count). The van der Waals surface area contributed by atoms with Crippen LogP contribution in [0.5, 0.6) is 0 Å². The van der Waals surface area contributed by atoms with E-state index in [-0.39, 0.29) is 0 Å². The molecule has 0 saturated heterocycles. The van der Waals surface area contributed by atoms with Gasteiger partial charge in [0.1, 0.15) is 0 Å². The van der Waals surface area contributed by atoms with Crippen molar-refractivity contribution in [2.75, 3.05) is 20.7 Å². The van der Waals surface area contributed by atoms with Crippen LogP contribution in [0.2, 0.25) is 0 Å². The van der Waals surface area contributed by atoms with E-state index in [2.05, 4.69) is 38.1 Å².